The van der Waals surface area contributed by atoms with Gasteiger partial charge in [0.1, 0.15) is 0 Å². The lowest BCUT2D eigenvalue weighted by atomic mass is 10.0. The Morgan fingerprint density at radius 1 is 1.19 bits per heavy atom. The Bertz CT molecular complexity index is 978. The molecule has 2 heterocycles. The third kappa shape index (κ3) is 3.03. The number of allylic oxidation sites excluding steroid dienone is 1. The highest BCUT2D eigenvalue weighted by Crippen LogP contribution is 2.34. The number of nitrogens with zero attached hydrogens (tertiary/aromatic N) is 4. The van der Waals surface area contributed by atoms with Gasteiger partial charge in [0, 0.05) is 18.2 Å². The summed E-state index contributed by atoms with van der Waals surface area (Å²) in [5.41, 5.74) is 5.07. The average molecular weight is 349 g/mol. The Kier molecular flexibility index (Phi) is 4.12. The molecule has 2 aromatic heterocycles. The molecule has 7 nitrogen and oxygen atoms in total. The Morgan fingerprint density at radius 2 is 2.08 bits per heavy atom. The highest BCUT2D eigenvalue weighted by molar-refractivity contribution is 5.84. The zero-order valence-corrected chi connectivity index (χ0v) is 14.9. The first-order valence-corrected chi connectivity index (χ1v) is 8.48. The lowest BCUT2D eigenvalue weighted by molar-refractivity contribution is 0.231. The van der Waals surface area contributed by atoms with E-state index in [4.69, 9.17) is 9.26 Å². The predicted octanol–water partition coefficient (Wildman–Crippen LogP) is 3.34. The molecule has 1 aliphatic carbocycles. The standard InChI is InChI=1S/C19H19N5O2/c1-11(2)25-17-10-21-9-16(22-17)14-7-6-12-4-5-13(8-15(12)14)18-23-19(20-3)26-24-18/h4-5,7-11H,6H2,1-3H3,(H,20,23,24). The summed E-state index contributed by atoms with van der Waals surface area (Å²) in [6.45, 7) is 3.93. The minimum Gasteiger partial charge on any atom is -0.474 e. The van der Waals surface area contributed by atoms with E-state index in [0.717, 1.165) is 28.8 Å². The van der Waals surface area contributed by atoms with Gasteiger partial charge in [-0.2, -0.15) is 4.98 Å². The number of benzene rings is 1. The third-order valence-corrected chi connectivity index (χ3v) is 4.07. The van der Waals surface area contributed by atoms with Crippen LogP contribution in [0.5, 0.6) is 5.88 Å². The van der Waals surface area contributed by atoms with Crippen molar-refractivity contribution in [2.75, 3.05) is 12.4 Å². The van der Waals surface area contributed by atoms with Crippen LogP contribution in [0.25, 0.3) is 17.0 Å². The number of fused-ring (bicyclic) bond motifs is 1. The first kappa shape index (κ1) is 16.3. The summed E-state index contributed by atoms with van der Waals surface area (Å²) in [5.74, 6) is 1.08. The van der Waals surface area contributed by atoms with Gasteiger partial charge < -0.3 is 14.6 Å². The van der Waals surface area contributed by atoms with Crippen LogP contribution in [0.4, 0.5) is 6.01 Å². The van der Waals surface area contributed by atoms with Crippen molar-refractivity contribution in [3.63, 3.8) is 0 Å². The second kappa shape index (κ2) is 6.59. The van der Waals surface area contributed by atoms with E-state index in [9.17, 15) is 0 Å². The first-order valence-electron chi connectivity index (χ1n) is 8.48. The van der Waals surface area contributed by atoms with Crippen molar-refractivity contribution in [2.24, 2.45) is 0 Å². The van der Waals surface area contributed by atoms with Crippen LogP contribution in [0, 0.1) is 0 Å². The summed E-state index contributed by atoms with van der Waals surface area (Å²) < 4.78 is 10.8. The second-order valence-electron chi connectivity index (χ2n) is 6.28. The first-order chi connectivity index (χ1) is 12.6. The second-order valence-corrected chi connectivity index (χ2v) is 6.28. The van der Waals surface area contributed by atoms with E-state index < -0.39 is 0 Å². The predicted molar refractivity (Wildman–Crippen MR) is 97.9 cm³/mol. The molecule has 1 aliphatic rings. The van der Waals surface area contributed by atoms with Gasteiger partial charge in [-0.3, -0.25) is 4.98 Å². The van der Waals surface area contributed by atoms with Crippen LogP contribution in [-0.4, -0.2) is 33.3 Å². The summed E-state index contributed by atoms with van der Waals surface area (Å²) in [6, 6.07) is 6.55. The van der Waals surface area contributed by atoms with Gasteiger partial charge in [-0.25, -0.2) is 4.98 Å². The summed E-state index contributed by atoms with van der Waals surface area (Å²) in [5, 5.41) is 6.85. The van der Waals surface area contributed by atoms with E-state index >= 15 is 0 Å². The van der Waals surface area contributed by atoms with E-state index in [-0.39, 0.29) is 6.10 Å². The average Bonchev–Trinajstić information content (AvgIpc) is 3.27. The lowest BCUT2D eigenvalue weighted by Crippen LogP contribution is -2.08. The van der Waals surface area contributed by atoms with Gasteiger partial charge in [0.05, 0.1) is 24.2 Å². The van der Waals surface area contributed by atoms with Gasteiger partial charge in [-0.1, -0.05) is 23.4 Å². The zero-order chi connectivity index (χ0) is 18.1. The van der Waals surface area contributed by atoms with Crippen LogP contribution in [0.3, 0.4) is 0 Å². The molecule has 0 atom stereocenters. The van der Waals surface area contributed by atoms with Gasteiger partial charge in [-0.05, 0) is 37.5 Å². The van der Waals surface area contributed by atoms with Crippen LogP contribution >= 0.6 is 0 Å². The summed E-state index contributed by atoms with van der Waals surface area (Å²) in [4.78, 5) is 13.2. The number of nitrogens with one attached hydrogen (secondary N) is 1. The van der Waals surface area contributed by atoms with Crippen molar-refractivity contribution in [3.05, 3.63) is 53.5 Å². The molecule has 0 bridgehead atoms. The van der Waals surface area contributed by atoms with Gasteiger partial charge in [0.25, 0.3) is 0 Å². The van der Waals surface area contributed by atoms with Crippen molar-refractivity contribution in [1.29, 1.82) is 0 Å². The Labute approximate surface area is 151 Å². The van der Waals surface area contributed by atoms with Crippen molar-refractivity contribution < 1.29 is 9.26 Å². The maximum absolute atomic E-state index is 5.67. The number of hydrogen-bond donors (Lipinski definition) is 1. The van der Waals surface area contributed by atoms with E-state index in [1.807, 2.05) is 19.9 Å². The number of ether oxygens (including phenoxy) is 1. The fourth-order valence-electron chi connectivity index (χ4n) is 2.93. The molecule has 0 spiro atoms. The maximum Gasteiger partial charge on any atom is 0.321 e. The smallest absolute Gasteiger partial charge is 0.321 e. The van der Waals surface area contributed by atoms with Crippen LogP contribution in [0.2, 0.25) is 0 Å². The van der Waals surface area contributed by atoms with E-state index in [2.05, 4.69) is 43.6 Å². The van der Waals surface area contributed by atoms with Crippen LogP contribution < -0.4 is 10.1 Å². The van der Waals surface area contributed by atoms with Crippen molar-refractivity contribution in [3.8, 4) is 17.3 Å². The SMILES string of the molecule is CNc1nc(-c2ccc3c(c2)C(c2cncc(OC(C)C)n2)=CC3)no1. The van der Waals surface area contributed by atoms with Crippen LogP contribution in [0.15, 0.2) is 41.2 Å². The fourth-order valence-corrected chi connectivity index (χ4v) is 2.93. The lowest BCUT2D eigenvalue weighted by Gasteiger charge is -2.11. The van der Waals surface area contributed by atoms with Crippen molar-refractivity contribution in [2.45, 2.75) is 26.4 Å². The molecule has 4 rings (SSSR count). The number of hydrogen-bond acceptors (Lipinski definition) is 7. The molecule has 0 unspecified atom stereocenters. The molecule has 132 valence electrons. The minimum absolute atomic E-state index is 0.0515. The van der Waals surface area contributed by atoms with E-state index in [1.54, 1.807) is 19.4 Å². The van der Waals surface area contributed by atoms with E-state index in [0.29, 0.717) is 17.7 Å². The quantitative estimate of drug-likeness (QED) is 0.756. The molecule has 0 amide bonds. The zero-order valence-electron chi connectivity index (χ0n) is 14.9. The molecule has 1 aromatic carbocycles. The molecule has 7 heteroatoms. The largest absolute Gasteiger partial charge is 0.474 e. The third-order valence-electron chi connectivity index (χ3n) is 4.07. The molecular weight excluding hydrogens is 330 g/mol. The molecule has 0 radical (unpaired) electrons. The molecule has 0 saturated heterocycles. The molecule has 1 N–H and O–H groups in total. The van der Waals surface area contributed by atoms with Gasteiger partial charge in [0.2, 0.25) is 11.7 Å². The molecule has 0 saturated carbocycles. The van der Waals surface area contributed by atoms with Crippen LogP contribution in [-0.2, 0) is 6.42 Å². The normalized spacial score (nSPS) is 12.8. The monoisotopic (exact) mass is 349 g/mol. The highest BCUT2D eigenvalue weighted by atomic mass is 16.5. The van der Waals surface area contributed by atoms with Crippen LogP contribution in [0.1, 0.15) is 30.7 Å². The number of anilines is 1. The fraction of sp³-hybridized carbons (Fsp3) is 0.263. The Hall–Kier alpha value is -3.22. The Balaban J connectivity index is 1.69. The summed E-state index contributed by atoms with van der Waals surface area (Å²) >= 11 is 0. The van der Waals surface area contributed by atoms with Gasteiger partial charge in [0.15, 0.2) is 0 Å². The molecule has 26 heavy (non-hydrogen) atoms. The molecule has 0 fully saturated rings. The molecular formula is C19H19N5O2. The van der Waals surface area contributed by atoms with Crippen molar-refractivity contribution in [1.82, 2.24) is 20.1 Å². The molecule has 3 aromatic rings. The van der Waals surface area contributed by atoms with Gasteiger partial charge >= 0.3 is 6.01 Å². The summed E-state index contributed by atoms with van der Waals surface area (Å²) in [6.07, 6.45) is 6.46. The van der Waals surface area contributed by atoms with Gasteiger partial charge in [-0.15, -0.1) is 0 Å². The minimum atomic E-state index is 0.0515. The number of rotatable bonds is 5. The maximum atomic E-state index is 5.67. The number of aromatic nitrogens is 4. The highest BCUT2D eigenvalue weighted by Gasteiger charge is 2.20. The van der Waals surface area contributed by atoms with Crippen molar-refractivity contribution >= 4 is 11.6 Å². The topological polar surface area (TPSA) is 86.0 Å². The molecule has 0 aliphatic heterocycles. The summed E-state index contributed by atoms with van der Waals surface area (Å²) in [7, 11) is 1.74. The Morgan fingerprint density at radius 3 is 2.85 bits per heavy atom. The van der Waals surface area contributed by atoms with E-state index in [1.165, 1.54) is 5.56 Å².